The molecule has 1 fully saturated rings. The maximum Gasteiger partial charge on any atom is 0.435 e. The van der Waals surface area contributed by atoms with E-state index in [9.17, 15) is 48.7 Å². The lowest BCUT2D eigenvalue weighted by Gasteiger charge is -2.23. The molecule has 1 saturated carbocycles. The van der Waals surface area contributed by atoms with E-state index in [0.717, 1.165) is 33.7 Å². The van der Waals surface area contributed by atoms with Gasteiger partial charge in [-0.25, -0.2) is 26.0 Å². The van der Waals surface area contributed by atoms with Gasteiger partial charge in [-0.3, -0.25) is 28.2 Å². The largest absolute Gasteiger partial charge is 0.476 e. The molecule has 0 radical (unpaired) electrons. The van der Waals surface area contributed by atoms with Gasteiger partial charge in [-0.15, -0.1) is 14.8 Å². The average molecular weight is 921 g/mol. The lowest BCUT2D eigenvalue weighted by atomic mass is 10.0. The lowest BCUT2D eigenvalue weighted by molar-refractivity contribution is -0.142. The summed E-state index contributed by atoms with van der Waals surface area (Å²) in [6.45, 7) is -1.16. The predicted molar refractivity (Wildman–Crippen MR) is 200 cm³/mol. The quantitative estimate of drug-likeness (QED) is 0.132. The van der Waals surface area contributed by atoms with Crippen molar-refractivity contribution >= 4 is 49.8 Å². The first-order chi connectivity index (χ1) is 28.8. The fraction of sp³-hybridized carbons (Fsp3) is 0.389. The Morgan fingerprint density at radius 1 is 1.05 bits per heavy atom. The van der Waals surface area contributed by atoms with Gasteiger partial charge in [-0.05, 0) is 49.1 Å². The van der Waals surface area contributed by atoms with E-state index in [1.165, 1.54) is 19.2 Å². The molecule has 2 aromatic carbocycles. The third-order valence-corrected chi connectivity index (χ3v) is 11.1. The van der Waals surface area contributed by atoms with Crippen molar-refractivity contribution in [2.24, 2.45) is 13.0 Å². The Morgan fingerprint density at radius 3 is 2.39 bits per heavy atom. The summed E-state index contributed by atoms with van der Waals surface area (Å²) in [5.74, 6) is -14.1. The lowest BCUT2D eigenvalue weighted by Crippen LogP contribution is -2.39. The van der Waals surface area contributed by atoms with E-state index in [1.807, 2.05) is 0 Å². The normalized spacial score (nSPS) is 17.6. The van der Waals surface area contributed by atoms with E-state index in [0.29, 0.717) is 17.6 Å². The number of ether oxygens (including phenoxy) is 1. The SMILES string of the molecule is Cn1nc(NS(C)(=O)=O)c2c(Cl)ccc(-n3c([C@H](Cc4cc(F)cc(F)c4)NC(=O)Cn4nc(C(F)(F)F)c5c4C(F)(F)[C@@H]4C[C@H]54)nn4nc(OCCC(C)(F)F)cc4c3=O)c21. The van der Waals surface area contributed by atoms with Crippen molar-refractivity contribution in [1.29, 1.82) is 0 Å². The van der Waals surface area contributed by atoms with Crippen molar-refractivity contribution in [2.45, 2.75) is 62.7 Å². The van der Waals surface area contributed by atoms with Crippen LogP contribution >= 0.6 is 11.6 Å². The van der Waals surface area contributed by atoms with E-state index < -0.39 is 118 Å². The third-order valence-electron chi connectivity index (χ3n) is 10.3. The van der Waals surface area contributed by atoms with Crippen LogP contribution in [0.4, 0.5) is 45.3 Å². The third kappa shape index (κ3) is 7.90. The highest BCUT2D eigenvalue weighted by Gasteiger charge is 2.68. The number of benzene rings is 2. The molecule has 0 saturated heterocycles. The summed E-state index contributed by atoms with van der Waals surface area (Å²) >= 11 is 6.53. The summed E-state index contributed by atoms with van der Waals surface area (Å²) in [7, 11) is -2.63. The second-order valence-electron chi connectivity index (χ2n) is 15.1. The van der Waals surface area contributed by atoms with Gasteiger partial charge in [0.05, 0.1) is 40.5 Å². The molecule has 2 aliphatic rings. The fourth-order valence-corrected chi connectivity index (χ4v) is 8.46. The minimum Gasteiger partial charge on any atom is -0.476 e. The van der Waals surface area contributed by atoms with E-state index in [4.69, 9.17) is 16.3 Å². The highest BCUT2D eigenvalue weighted by molar-refractivity contribution is 7.92. The Labute approximate surface area is 347 Å². The number of anilines is 1. The molecule has 0 spiro atoms. The van der Waals surface area contributed by atoms with Crippen LogP contribution in [0.2, 0.25) is 5.02 Å². The Kier molecular flexibility index (Phi) is 10.1. The average Bonchev–Trinajstić information content (AvgIpc) is 3.38. The number of carbonyl (C=O) groups is 1. The van der Waals surface area contributed by atoms with Crippen LogP contribution in [0.3, 0.4) is 0 Å². The molecule has 62 heavy (non-hydrogen) atoms. The number of aryl methyl sites for hydroxylation is 1. The molecule has 330 valence electrons. The van der Waals surface area contributed by atoms with E-state index in [1.54, 1.807) is 0 Å². The number of hydrogen-bond donors (Lipinski definition) is 2. The van der Waals surface area contributed by atoms with Gasteiger partial charge in [0.15, 0.2) is 22.9 Å². The number of rotatable bonds is 13. The highest BCUT2D eigenvalue weighted by Crippen LogP contribution is 2.68. The number of alkyl halides is 7. The topological polar surface area (TPSA) is 172 Å². The van der Waals surface area contributed by atoms with Crippen LogP contribution in [0.15, 0.2) is 41.2 Å². The van der Waals surface area contributed by atoms with Gasteiger partial charge < -0.3 is 10.1 Å². The van der Waals surface area contributed by atoms with Crippen molar-refractivity contribution < 1.29 is 57.5 Å². The second kappa shape index (κ2) is 14.6. The summed E-state index contributed by atoms with van der Waals surface area (Å²) in [5, 5.41) is 18.4. The van der Waals surface area contributed by atoms with Gasteiger partial charge in [0.2, 0.25) is 27.7 Å². The van der Waals surface area contributed by atoms with Crippen molar-refractivity contribution in [3.05, 3.63) is 91.7 Å². The molecule has 0 unspecified atom stereocenters. The standard InChI is InChI=1S/C36H30ClF9N10O5S/c1-34(40,41)6-7-61-25-13-23-33(58)55(22-5-4-20(37)27-28(22)53(2)50-31(27)52-62(3,59)60)32(51-56(23)48-25)21(10-15-8-16(38)11-17(39)9-15)47-24(57)14-54-30-26(29(49-54)36(44,45)46)18-12-19(18)35(30,42)43/h4-5,8-9,11,13,18-19,21H,6-7,10,12,14H2,1-3H3,(H,47,57)(H,50,52)/t18-,19+,21-/m0/s1. The zero-order valence-electron chi connectivity index (χ0n) is 32.0. The van der Waals surface area contributed by atoms with Crippen molar-refractivity contribution in [2.75, 3.05) is 17.6 Å². The van der Waals surface area contributed by atoms with Gasteiger partial charge in [-0.2, -0.15) is 32.1 Å². The van der Waals surface area contributed by atoms with Gasteiger partial charge >= 0.3 is 6.18 Å². The zero-order chi connectivity index (χ0) is 45.0. The first kappa shape index (κ1) is 42.8. The number of nitrogens with one attached hydrogen (secondary N) is 2. The molecule has 1 amide bonds. The van der Waals surface area contributed by atoms with Crippen molar-refractivity contribution in [1.82, 2.24) is 44.3 Å². The minimum atomic E-state index is -5.16. The summed E-state index contributed by atoms with van der Waals surface area (Å²) in [6, 6.07) is 4.10. The molecule has 4 heterocycles. The molecule has 0 aliphatic heterocycles. The monoisotopic (exact) mass is 920 g/mol. The Morgan fingerprint density at radius 2 is 1.74 bits per heavy atom. The number of hydrogen-bond acceptors (Lipinski definition) is 9. The smallest absolute Gasteiger partial charge is 0.435 e. The molecule has 15 nitrogen and oxygen atoms in total. The molecular weight excluding hydrogens is 891 g/mol. The van der Waals surface area contributed by atoms with Crippen LogP contribution in [-0.4, -0.2) is 72.1 Å². The van der Waals surface area contributed by atoms with E-state index in [-0.39, 0.29) is 55.5 Å². The van der Waals surface area contributed by atoms with Crippen LogP contribution in [0.25, 0.3) is 22.1 Å². The predicted octanol–water partition coefficient (Wildman–Crippen LogP) is 6.02. The van der Waals surface area contributed by atoms with Gasteiger partial charge in [0.25, 0.3) is 11.5 Å². The van der Waals surface area contributed by atoms with Gasteiger partial charge in [0.1, 0.15) is 23.9 Å². The first-order valence-electron chi connectivity index (χ1n) is 18.3. The second-order valence-corrected chi connectivity index (χ2v) is 17.3. The molecule has 8 rings (SSSR count). The number of fused-ring (bicyclic) bond motifs is 5. The van der Waals surface area contributed by atoms with Crippen molar-refractivity contribution in [3.63, 3.8) is 0 Å². The number of aromatic nitrogens is 8. The number of sulfonamides is 1. The molecule has 3 atom stereocenters. The molecular formula is C36H30ClF9N10O5S. The maximum absolute atomic E-state index is 15.4. The summed E-state index contributed by atoms with van der Waals surface area (Å²) < 4.78 is 165. The number of amides is 1. The Bertz CT molecular complexity index is 2980. The summed E-state index contributed by atoms with van der Waals surface area (Å²) in [6.07, 6.45) is -5.94. The number of carbonyl (C=O) groups excluding carboxylic acids is 1. The highest BCUT2D eigenvalue weighted by atomic mass is 35.5. The van der Waals surface area contributed by atoms with Crippen LogP contribution in [0, 0.1) is 17.6 Å². The molecule has 6 aromatic rings. The fourth-order valence-electron chi connectivity index (χ4n) is 7.72. The van der Waals surface area contributed by atoms with E-state index in [2.05, 4.69) is 30.4 Å². The molecule has 4 aromatic heterocycles. The zero-order valence-corrected chi connectivity index (χ0v) is 33.6. The molecule has 26 heteroatoms. The van der Waals surface area contributed by atoms with Crippen LogP contribution < -0.4 is 20.3 Å². The van der Waals surface area contributed by atoms with Gasteiger partial charge in [-0.1, -0.05) is 11.6 Å². The number of nitrogens with zero attached hydrogens (tertiary/aromatic N) is 8. The summed E-state index contributed by atoms with van der Waals surface area (Å²) in [4.78, 5) is 28.7. The van der Waals surface area contributed by atoms with Crippen LogP contribution in [0.5, 0.6) is 5.88 Å². The van der Waals surface area contributed by atoms with Crippen molar-refractivity contribution in [3.8, 4) is 11.6 Å². The summed E-state index contributed by atoms with van der Waals surface area (Å²) in [5.41, 5.74) is -5.16. The Balaban J connectivity index is 1.31. The van der Waals surface area contributed by atoms with E-state index >= 15 is 8.78 Å². The van der Waals surface area contributed by atoms with Crippen LogP contribution in [0.1, 0.15) is 60.1 Å². The molecule has 0 bridgehead atoms. The maximum atomic E-state index is 15.4. The minimum absolute atomic E-state index is 0.0335. The molecule has 2 N–H and O–H groups in total. The first-order valence-corrected chi connectivity index (χ1v) is 20.5. The molecule has 2 aliphatic carbocycles. The van der Waals surface area contributed by atoms with Crippen LogP contribution in [-0.2, 0) is 46.9 Å². The number of halogens is 10. The Hall–Kier alpha value is -5.85. The van der Waals surface area contributed by atoms with Gasteiger partial charge in [0, 0.05) is 43.5 Å².